The molecule has 2 aliphatic carbocycles. The molecule has 1 saturated carbocycles. The summed E-state index contributed by atoms with van der Waals surface area (Å²) in [7, 11) is 0. The van der Waals surface area contributed by atoms with Gasteiger partial charge in [0.1, 0.15) is 6.04 Å². The number of hydrogen-bond acceptors (Lipinski definition) is 8. The molecule has 12 nitrogen and oxygen atoms in total. The van der Waals surface area contributed by atoms with Gasteiger partial charge in [-0.05, 0) is 99.8 Å². The first-order valence-electron chi connectivity index (χ1n) is 20.6. The summed E-state index contributed by atoms with van der Waals surface area (Å²) in [4.78, 5) is 55.7. The van der Waals surface area contributed by atoms with Gasteiger partial charge in [-0.1, -0.05) is 49.6 Å². The molecule has 12 heteroatoms. The molecule has 298 valence electrons. The maximum atomic E-state index is 14.4. The number of amides is 3. The van der Waals surface area contributed by atoms with Gasteiger partial charge in [0.25, 0.3) is 0 Å². The number of benzene rings is 1. The second kappa shape index (κ2) is 19.6. The van der Waals surface area contributed by atoms with E-state index in [1.807, 2.05) is 35.2 Å². The van der Waals surface area contributed by atoms with Crippen molar-refractivity contribution in [1.29, 1.82) is 0 Å². The summed E-state index contributed by atoms with van der Waals surface area (Å²) in [6.07, 6.45) is 13.5. The van der Waals surface area contributed by atoms with Gasteiger partial charge in [0, 0.05) is 67.6 Å². The van der Waals surface area contributed by atoms with Crippen LogP contribution >= 0.6 is 0 Å². The topological polar surface area (TPSA) is 187 Å². The van der Waals surface area contributed by atoms with Crippen molar-refractivity contribution in [3.63, 3.8) is 0 Å². The monoisotopic (exact) mass is 755 g/mol. The molecule has 0 bridgehead atoms. The number of carbonyl (C=O) groups excluding carboxylic acids is 3. The van der Waals surface area contributed by atoms with Crippen LogP contribution in [0.4, 0.5) is 0 Å². The van der Waals surface area contributed by atoms with Gasteiger partial charge < -0.3 is 36.5 Å². The number of aromatic amines is 1. The van der Waals surface area contributed by atoms with Gasteiger partial charge >= 0.3 is 0 Å². The lowest BCUT2D eigenvalue weighted by Gasteiger charge is -2.34. The minimum Gasteiger partial charge on any atom is -0.390 e. The van der Waals surface area contributed by atoms with E-state index in [0.717, 1.165) is 63.5 Å². The summed E-state index contributed by atoms with van der Waals surface area (Å²) in [5, 5.41) is 28.7. The van der Waals surface area contributed by atoms with Gasteiger partial charge in [0.2, 0.25) is 17.7 Å². The summed E-state index contributed by atoms with van der Waals surface area (Å²) >= 11 is 0. The Bertz CT molecular complexity index is 1660. The number of aromatic nitrogens is 3. The predicted molar refractivity (Wildman–Crippen MR) is 211 cm³/mol. The van der Waals surface area contributed by atoms with Gasteiger partial charge in [-0.2, -0.15) is 0 Å². The molecule has 2 fully saturated rings. The van der Waals surface area contributed by atoms with E-state index in [9.17, 15) is 24.6 Å². The number of likely N-dealkylation sites (tertiary alicyclic amines) is 1. The highest BCUT2D eigenvalue weighted by Gasteiger charge is 2.36. The number of nitrogens with two attached hydrogens (primary N) is 1. The highest BCUT2D eigenvalue weighted by molar-refractivity contribution is 5.91. The van der Waals surface area contributed by atoms with Crippen molar-refractivity contribution in [3.8, 4) is 0 Å². The Balaban J connectivity index is 1.16. The molecular weight excluding hydrogens is 695 g/mol. The molecule has 7 N–H and O–H groups in total. The summed E-state index contributed by atoms with van der Waals surface area (Å²) in [5.41, 5.74) is 10.2. The second-order valence-corrected chi connectivity index (χ2v) is 16.3. The number of hydrogen-bond donors (Lipinski definition) is 6. The number of aliphatic hydroxyl groups excluding tert-OH is 2. The zero-order valence-electron chi connectivity index (χ0n) is 32.3. The van der Waals surface area contributed by atoms with E-state index in [2.05, 4.69) is 37.7 Å². The molecular formula is C43H61N7O5. The molecule has 2 unspecified atom stereocenters. The lowest BCUT2D eigenvalue weighted by atomic mass is 9.75. The predicted octanol–water partition coefficient (Wildman–Crippen LogP) is 4.28. The normalized spacial score (nSPS) is 21.4. The van der Waals surface area contributed by atoms with Gasteiger partial charge in [-0.3, -0.25) is 19.4 Å². The fourth-order valence-corrected chi connectivity index (χ4v) is 9.16. The number of piperidine rings is 1. The number of imidazole rings is 1. The van der Waals surface area contributed by atoms with Gasteiger partial charge in [-0.15, -0.1) is 0 Å². The standard InChI is InChI=1S/C43H61N7O5/c1-28(41(53)39(51)25-36(30-10-3-2-4-11-30)37-16-7-8-19-46-37)48-43(55)38(24-34-26-45-27-47-34)49-42(54)32(23-40(52)50-20-17-33(44)18-21-50)22-31-14-9-13-29-12-5-6-15-35(29)31/h5-8,12,15-16,19,26-28,30-33,36,38-39,41,51,53H,2-4,9-11,13-14,17-18,20-25,44H2,1H3,(H,45,47)(H,48,55)(H,49,54)/t28-,31?,32+,36?,38-,39-,41+/m0/s1. The molecule has 0 spiro atoms. The van der Waals surface area contributed by atoms with Crippen molar-refractivity contribution >= 4 is 17.7 Å². The summed E-state index contributed by atoms with van der Waals surface area (Å²) in [5.74, 6) is -1.13. The first-order chi connectivity index (χ1) is 26.7. The summed E-state index contributed by atoms with van der Waals surface area (Å²) in [6.45, 7) is 2.81. The van der Waals surface area contributed by atoms with Crippen LogP contribution in [0.2, 0.25) is 0 Å². The zero-order valence-corrected chi connectivity index (χ0v) is 32.3. The molecule has 3 aromatic rings. The SMILES string of the molecule is C[C@H](NC(=O)[C@H](Cc1cnc[nH]1)NC(=O)[C@@H](CC(=O)N1CCC(N)CC1)CC1CCCc2ccccc21)[C@@H](O)[C@@H](O)CC(c1ccccn1)C1CCCCC1. The number of fused-ring (bicyclic) bond motifs is 1. The Hall–Kier alpha value is -4.13. The number of carbonyl (C=O) groups is 3. The molecule has 3 amide bonds. The van der Waals surface area contributed by atoms with E-state index in [1.54, 1.807) is 19.3 Å². The molecule has 6 rings (SSSR count). The van der Waals surface area contributed by atoms with Gasteiger partial charge in [0.05, 0.1) is 24.6 Å². The first kappa shape index (κ1) is 40.5. The molecule has 1 aliphatic heterocycles. The van der Waals surface area contributed by atoms with Crippen LogP contribution < -0.4 is 16.4 Å². The maximum absolute atomic E-state index is 14.4. The van der Waals surface area contributed by atoms with E-state index in [0.29, 0.717) is 37.5 Å². The van der Waals surface area contributed by atoms with E-state index in [1.165, 1.54) is 23.9 Å². The zero-order chi connectivity index (χ0) is 38.7. The third kappa shape index (κ3) is 11.0. The van der Waals surface area contributed by atoms with Gasteiger partial charge in [0.15, 0.2) is 0 Å². The van der Waals surface area contributed by atoms with Crippen LogP contribution in [0.5, 0.6) is 0 Å². The van der Waals surface area contributed by atoms with E-state index in [-0.39, 0.29) is 42.5 Å². The Morgan fingerprint density at radius 1 is 0.945 bits per heavy atom. The van der Waals surface area contributed by atoms with Crippen molar-refractivity contribution in [3.05, 3.63) is 83.7 Å². The Morgan fingerprint density at radius 2 is 1.71 bits per heavy atom. The molecule has 1 saturated heterocycles. The molecule has 1 aromatic carbocycles. The lowest BCUT2D eigenvalue weighted by molar-refractivity contribution is -0.138. The van der Waals surface area contributed by atoms with Crippen LogP contribution in [0.25, 0.3) is 0 Å². The fraction of sp³-hybridized carbons (Fsp3) is 0.605. The molecule has 0 radical (unpaired) electrons. The molecule has 3 aliphatic rings. The van der Waals surface area contributed by atoms with Crippen molar-refractivity contribution in [2.24, 2.45) is 17.6 Å². The highest BCUT2D eigenvalue weighted by atomic mass is 16.3. The van der Waals surface area contributed by atoms with Crippen molar-refractivity contribution in [2.75, 3.05) is 13.1 Å². The van der Waals surface area contributed by atoms with Crippen LogP contribution in [-0.4, -0.2) is 91.2 Å². The third-order valence-corrected chi connectivity index (χ3v) is 12.4. The first-order valence-corrected chi connectivity index (χ1v) is 20.6. The van der Waals surface area contributed by atoms with Crippen LogP contribution in [0.15, 0.2) is 61.2 Å². The number of aryl methyl sites for hydroxylation is 1. The van der Waals surface area contributed by atoms with E-state index < -0.39 is 36.1 Å². The van der Waals surface area contributed by atoms with Crippen LogP contribution in [0, 0.1) is 11.8 Å². The quantitative estimate of drug-likeness (QED) is 0.125. The summed E-state index contributed by atoms with van der Waals surface area (Å²) < 4.78 is 0. The average molecular weight is 756 g/mol. The third-order valence-electron chi connectivity index (χ3n) is 12.4. The number of aliphatic hydroxyl groups is 2. The largest absolute Gasteiger partial charge is 0.390 e. The highest BCUT2D eigenvalue weighted by Crippen LogP contribution is 2.39. The Labute approximate surface area is 325 Å². The Morgan fingerprint density at radius 3 is 2.44 bits per heavy atom. The smallest absolute Gasteiger partial charge is 0.243 e. The van der Waals surface area contributed by atoms with Crippen LogP contribution in [0.3, 0.4) is 0 Å². The number of nitrogens with zero attached hydrogens (tertiary/aromatic N) is 3. The van der Waals surface area contributed by atoms with Crippen LogP contribution in [-0.2, 0) is 27.2 Å². The molecule has 7 atom stereocenters. The maximum Gasteiger partial charge on any atom is 0.243 e. The van der Waals surface area contributed by atoms with Gasteiger partial charge in [-0.25, -0.2) is 4.98 Å². The van der Waals surface area contributed by atoms with Crippen molar-refractivity contribution < 1.29 is 24.6 Å². The lowest BCUT2D eigenvalue weighted by Crippen LogP contribution is -2.55. The fourth-order valence-electron chi connectivity index (χ4n) is 9.16. The number of H-pyrrole nitrogens is 1. The molecule has 3 heterocycles. The summed E-state index contributed by atoms with van der Waals surface area (Å²) in [6, 6.07) is 12.4. The Kier molecular flexibility index (Phi) is 14.5. The minimum atomic E-state index is -1.25. The number of pyridine rings is 1. The van der Waals surface area contributed by atoms with Crippen LogP contribution in [0.1, 0.15) is 118 Å². The number of nitrogens with one attached hydrogen (secondary N) is 3. The molecule has 55 heavy (non-hydrogen) atoms. The second-order valence-electron chi connectivity index (χ2n) is 16.3. The van der Waals surface area contributed by atoms with E-state index in [4.69, 9.17) is 5.73 Å². The van der Waals surface area contributed by atoms with E-state index >= 15 is 0 Å². The average Bonchev–Trinajstić information content (AvgIpc) is 3.73. The number of rotatable bonds is 16. The van der Waals surface area contributed by atoms with Crippen molar-refractivity contribution in [2.45, 2.75) is 139 Å². The minimum absolute atomic E-state index is 0.0149. The molecule has 2 aromatic heterocycles. The van der Waals surface area contributed by atoms with Crippen molar-refractivity contribution in [1.82, 2.24) is 30.5 Å².